The van der Waals surface area contributed by atoms with Gasteiger partial charge in [-0.2, -0.15) is 0 Å². The third-order valence-corrected chi connectivity index (χ3v) is 13.3. The Hall–Kier alpha value is 0.311. The van der Waals surface area contributed by atoms with Gasteiger partial charge in [0.05, 0.1) is 0 Å². The first-order valence-corrected chi connectivity index (χ1v) is 15.0. The van der Waals surface area contributed by atoms with E-state index >= 15 is 0 Å². The molecule has 2 nitrogen and oxygen atoms in total. The molecule has 0 saturated carbocycles. The van der Waals surface area contributed by atoms with Gasteiger partial charge >= 0.3 is 8.56 Å². The van der Waals surface area contributed by atoms with Crippen LogP contribution in [0, 0.1) is 0 Å². The Morgan fingerprint density at radius 2 is 1.50 bits per heavy atom. The summed E-state index contributed by atoms with van der Waals surface area (Å²) in [6.45, 7) is 19.3. The predicted molar refractivity (Wildman–Crippen MR) is 79.9 cm³/mol. The van der Waals surface area contributed by atoms with Crippen LogP contribution in [0.1, 0.15) is 13.3 Å². The van der Waals surface area contributed by atoms with Crippen molar-refractivity contribution in [2.45, 2.75) is 58.7 Å². The molecule has 16 heavy (non-hydrogen) atoms. The first-order valence-electron chi connectivity index (χ1n) is 6.07. The van der Waals surface area contributed by atoms with E-state index in [4.69, 9.17) is 8.23 Å². The molecule has 0 aliphatic rings. The van der Waals surface area contributed by atoms with Crippen LogP contribution in [0.15, 0.2) is 12.3 Å². The van der Waals surface area contributed by atoms with E-state index < -0.39 is 25.2 Å². The van der Waals surface area contributed by atoms with Crippen LogP contribution in [0.25, 0.3) is 0 Å². The molecule has 0 aromatic rings. The summed E-state index contributed by atoms with van der Waals surface area (Å²) in [6, 6.07) is 1.21. The summed E-state index contributed by atoms with van der Waals surface area (Å²) in [5, 5.41) is 0. The minimum atomic E-state index is -1.98. The molecular formula is C11H28O2Si3. The van der Waals surface area contributed by atoms with Gasteiger partial charge in [-0.1, -0.05) is 19.0 Å². The summed E-state index contributed by atoms with van der Waals surface area (Å²) in [7, 11) is -5.22. The van der Waals surface area contributed by atoms with Crippen molar-refractivity contribution in [1.29, 1.82) is 0 Å². The molecule has 96 valence electrons. The molecule has 0 aromatic heterocycles. The standard InChI is InChI=1S/C11H28O2Si3/c1-9-11-15(5,6)13-16(7,8)12-14(3,4)10-2/h10H,2,9,11H2,1,3-8H3. The normalized spacial score (nSPS) is 13.9. The maximum atomic E-state index is 6.35. The van der Waals surface area contributed by atoms with E-state index in [-0.39, 0.29) is 0 Å². The average molecular weight is 277 g/mol. The minimum absolute atomic E-state index is 1.20. The molecule has 0 aliphatic heterocycles. The highest BCUT2D eigenvalue weighted by atomic mass is 28.5. The first-order chi connectivity index (χ1) is 7.04. The molecule has 0 heterocycles. The SMILES string of the molecule is C=C[Si](C)(C)O[Si](C)(C)O[Si](C)(C)CCC. The van der Waals surface area contributed by atoms with Gasteiger partial charge in [0.2, 0.25) is 0 Å². The van der Waals surface area contributed by atoms with Gasteiger partial charge in [0.25, 0.3) is 0 Å². The summed E-state index contributed by atoms with van der Waals surface area (Å²) >= 11 is 0. The lowest BCUT2D eigenvalue weighted by Gasteiger charge is -2.37. The molecule has 0 spiro atoms. The van der Waals surface area contributed by atoms with Crippen molar-refractivity contribution in [2.75, 3.05) is 0 Å². The van der Waals surface area contributed by atoms with Crippen molar-refractivity contribution >= 4 is 25.2 Å². The van der Waals surface area contributed by atoms with Crippen molar-refractivity contribution in [3.05, 3.63) is 12.3 Å². The second-order valence-corrected chi connectivity index (χ2v) is 18.0. The van der Waals surface area contributed by atoms with Crippen molar-refractivity contribution < 1.29 is 8.23 Å². The van der Waals surface area contributed by atoms with Gasteiger partial charge in [0.15, 0.2) is 16.6 Å². The lowest BCUT2D eigenvalue weighted by molar-refractivity contribution is 0.393. The number of hydrogen-bond acceptors (Lipinski definition) is 2. The molecule has 0 amide bonds. The molecule has 0 fully saturated rings. The van der Waals surface area contributed by atoms with E-state index in [1.165, 1.54) is 12.5 Å². The van der Waals surface area contributed by atoms with Crippen LogP contribution in [0.3, 0.4) is 0 Å². The fourth-order valence-corrected chi connectivity index (χ4v) is 14.9. The molecule has 0 aliphatic carbocycles. The topological polar surface area (TPSA) is 18.5 Å². The average Bonchev–Trinajstić information content (AvgIpc) is 1.99. The molecule has 0 unspecified atom stereocenters. The van der Waals surface area contributed by atoms with Crippen molar-refractivity contribution in [3.63, 3.8) is 0 Å². The van der Waals surface area contributed by atoms with Gasteiger partial charge in [-0.15, -0.1) is 6.58 Å². The number of rotatable bonds is 7. The second-order valence-electron chi connectivity index (χ2n) is 5.92. The van der Waals surface area contributed by atoms with Gasteiger partial charge in [-0.3, -0.25) is 0 Å². The quantitative estimate of drug-likeness (QED) is 0.647. The Bertz CT molecular complexity index is 237. The van der Waals surface area contributed by atoms with Gasteiger partial charge < -0.3 is 8.23 Å². The number of hydrogen-bond donors (Lipinski definition) is 0. The Morgan fingerprint density at radius 1 is 1.00 bits per heavy atom. The molecule has 5 heteroatoms. The first kappa shape index (κ1) is 16.3. The Morgan fingerprint density at radius 3 is 1.88 bits per heavy atom. The van der Waals surface area contributed by atoms with E-state index in [0.717, 1.165) is 0 Å². The van der Waals surface area contributed by atoms with Gasteiger partial charge in [-0.05, 0) is 45.3 Å². The van der Waals surface area contributed by atoms with Crippen LogP contribution in [0.2, 0.25) is 45.3 Å². The Kier molecular flexibility index (Phi) is 5.88. The van der Waals surface area contributed by atoms with Crippen LogP contribution in [0.4, 0.5) is 0 Å². The van der Waals surface area contributed by atoms with Crippen LogP contribution in [-0.4, -0.2) is 25.2 Å². The second kappa shape index (κ2) is 5.77. The summed E-state index contributed by atoms with van der Waals surface area (Å²) in [6.07, 6.45) is 1.20. The molecule has 0 atom stereocenters. The lowest BCUT2D eigenvalue weighted by Crippen LogP contribution is -2.51. The van der Waals surface area contributed by atoms with Gasteiger partial charge in [0.1, 0.15) is 0 Å². The van der Waals surface area contributed by atoms with Crippen molar-refractivity contribution in [2.24, 2.45) is 0 Å². The third kappa shape index (κ3) is 6.80. The molecule has 0 radical (unpaired) electrons. The zero-order valence-corrected chi connectivity index (χ0v) is 15.0. The molecule has 0 N–H and O–H groups in total. The maximum absolute atomic E-state index is 6.35. The Labute approximate surface area is 105 Å². The van der Waals surface area contributed by atoms with Crippen LogP contribution < -0.4 is 0 Å². The molecule has 0 rings (SSSR count). The van der Waals surface area contributed by atoms with Gasteiger partial charge in [0, 0.05) is 0 Å². The fraction of sp³-hybridized carbons (Fsp3) is 0.818. The summed E-state index contributed by atoms with van der Waals surface area (Å²) in [4.78, 5) is 0. The smallest absolute Gasteiger partial charge is 0.311 e. The van der Waals surface area contributed by atoms with E-state index in [2.05, 4.69) is 52.8 Å². The lowest BCUT2D eigenvalue weighted by atomic mass is 10.6. The van der Waals surface area contributed by atoms with Gasteiger partial charge in [-0.25, -0.2) is 0 Å². The fourth-order valence-electron chi connectivity index (χ4n) is 2.01. The van der Waals surface area contributed by atoms with Crippen LogP contribution >= 0.6 is 0 Å². The third-order valence-electron chi connectivity index (χ3n) is 2.37. The predicted octanol–water partition coefficient (Wildman–Crippen LogP) is 4.27. The zero-order valence-electron chi connectivity index (χ0n) is 12.0. The monoisotopic (exact) mass is 276 g/mol. The van der Waals surface area contributed by atoms with Crippen LogP contribution in [-0.2, 0) is 8.23 Å². The van der Waals surface area contributed by atoms with E-state index in [0.29, 0.717) is 0 Å². The molecule has 0 saturated heterocycles. The van der Waals surface area contributed by atoms with E-state index in [9.17, 15) is 0 Å². The highest BCUT2D eigenvalue weighted by molar-refractivity contribution is 6.89. The van der Waals surface area contributed by atoms with E-state index in [1.807, 2.05) is 5.70 Å². The largest absolute Gasteiger partial charge is 0.437 e. The van der Waals surface area contributed by atoms with E-state index in [1.54, 1.807) is 0 Å². The molecule has 0 bridgehead atoms. The maximum Gasteiger partial charge on any atom is 0.311 e. The highest BCUT2D eigenvalue weighted by Gasteiger charge is 2.38. The Balaban J connectivity index is 4.50. The minimum Gasteiger partial charge on any atom is -0.437 e. The summed E-state index contributed by atoms with van der Waals surface area (Å²) < 4.78 is 12.6. The highest BCUT2D eigenvalue weighted by Crippen LogP contribution is 2.23. The summed E-state index contributed by atoms with van der Waals surface area (Å²) in [5.74, 6) is 0. The zero-order chi connectivity index (χ0) is 13.0. The van der Waals surface area contributed by atoms with Crippen molar-refractivity contribution in [1.82, 2.24) is 0 Å². The van der Waals surface area contributed by atoms with Crippen LogP contribution in [0.5, 0.6) is 0 Å². The molecule has 0 aromatic carbocycles. The summed E-state index contributed by atoms with van der Waals surface area (Å²) in [5.41, 5.74) is 1.99. The van der Waals surface area contributed by atoms with Crippen molar-refractivity contribution in [3.8, 4) is 0 Å². The molecular weight excluding hydrogens is 248 g/mol.